The van der Waals surface area contributed by atoms with Gasteiger partial charge in [-0.2, -0.15) is 0 Å². The highest BCUT2D eigenvalue weighted by atomic mass is 79.9. The number of anilines is 1. The van der Waals surface area contributed by atoms with Crippen molar-refractivity contribution in [3.8, 4) is 5.69 Å². The molecule has 0 saturated heterocycles. The van der Waals surface area contributed by atoms with E-state index in [0.29, 0.717) is 17.0 Å². The Hall–Kier alpha value is -1.40. The van der Waals surface area contributed by atoms with Gasteiger partial charge in [-0.05, 0) is 47.5 Å². The van der Waals surface area contributed by atoms with Gasteiger partial charge < -0.3 is 10.1 Å². The first-order valence-electron chi connectivity index (χ1n) is 6.27. The van der Waals surface area contributed by atoms with Gasteiger partial charge in [-0.1, -0.05) is 0 Å². The fraction of sp³-hybridized carbons (Fsp3) is 0.357. The zero-order chi connectivity index (χ0) is 14.7. The van der Waals surface area contributed by atoms with E-state index in [4.69, 9.17) is 4.74 Å². The number of methoxy groups -OCH3 is 1. The molecule has 4 nitrogen and oxygen atoms in total. The molecule has 108 valence electrons. The number of ether oxygens (including phenoxy) is 1. The summed E-state index contributed by atoms with van der Waals surface area (Å²) in [5.74, 6) is 0.370. The lowest BCUT2D eigenvalue weighted by molar-refractivity contribution is 0.190. The van der Waals surface area contributed by atoms with Crippen LogP contribution in [0.4, 0.5) is 10.3 Å². The fourth-order valence-corrected chi connectivity index (χ4v) is 2.47. The van der Waals surface area contributed by atoms with Gasteiger partial charge in [0.05, 0.1) is 16.8 Å². The molecule has 2 rings (SSSR count). The number of aromatic nitrogens is 2. The van der Waals surface area contributed by atoms with Crippen molar-refractivity contribution < 1.29 is 9.13 Å². The third-order valence-electron chi connectivity index (χ3n) is 2.93. The van der Waals surface area contributed by atoms with E-state index in [1.807, 2.05) is 18.4 Å². The highest BCUT2D eigenvalue weighted by molar-refractivity contribution is 9.10. The molecule has 1 aromatic heterocycles. The first-order chi connectivity index (χ1) is 9.52. The molecule has 0 aliphatic heterocycles. The van der Waals surface area contributed by atoms with Crippen molar-refractivity contribution >= 4 is 21.9 Å². The summed E-state index contributed by atoms with van der Waals surface area (Å²) in [7, 11) is 1.65. The van der Waals surface area contributed by atoms with Gasteiger partial charge in [0.2, 0.25) is 5.95 Å². The van der Waals surface area contributed by atoms with Crippen LogP contribution in [0.25, 0.3) is 5.69 Å². The zero-order valence-electron chi connectivity index (χ0n) is 11.7. The molecule has 1 heterocycles. The minimum Gasteiger partial charge on any atom is -0.383 e. The van der Waals surface area contributed by atoms with Gasteiger partial charge in [0.1, 0.15) is 5.82 Å². The second kappa shape index (κ2) is 6.37. The van der Waals surface area contributed by atoms with Crippen molar-refractivity contribution in [3.05, 3.63) is 40.4 Å². The van der Waals surface area contributed by atoms with E-state index in [1.165, 1.54) is 6.07 Å². The molecule has 0 amide bonds. The summed E-state index contributed by atoms with van der Waals surface area (Å²) in [6.45, 7) is 4.50. The normalized spacial score (nSPS) is 12.4. The number of benzene rings is 1. The highest BCUT2D eigenvalue weighted by Gasteiger charge is 2.12. The summed E-state index contributed by atoms with van der Waals surface area (Å²) in [6, 6.07) is 3.36. The molecule has 0 bridgehead atoms. The minimum atomic E-state index is -0.296. The standard InChI is InChI=1S/C14H17BrFN3O/c1-9-6-11(15)12(16)7-13(9)19-5-4-17-14(19)18-10(2)8-20-3/h4-7,10H,8H2,1-3H3,(H,17,18). The first-order valence-corrected chi connectivity index (χ1v) is 7.07. The Morgan fingerprint density at radius 1 is 1.50 bits per heavy atom. The summed E-state index contributed by atoms with van der Waals surface area (Å²) in [5.41, 5.74) is 1.72. The van der Waals surface area contributed by atoms with E-state index >= 15 is 0 Å². The second-order valence-corrected chi connectivity index (χ2v) is 5.53. The summed E-state index contributed by atoms with van der Waals surface area (Å²) in [4.78, 5) is 4.27. The maximum absolute atomic E-state index is 13.7. The molecular weight excluding hydrogens is 325 g/mol. The van der Waals surface area contributed by atoms with Crippen LogP contribution < -0.4 is 5.32 Å². The van der Waals surface area contributed by atoms with Crippen molar-refractivity contribution in [3.63, 3.8) is 0 Å². The Bertz CT molecular complexity index is 600. The van der Waals surface area contributed by atoms with Crippen LogP contribution in [0.15, 0.2) is 29.0 Å². The van der Waals surface area contributed by atoms with Crippen LogP contribution in [0, 0.1) is 12.7 Å². The molecule has 0 aliphatic carbocycles. The molecule has 1 atom stereocenters. The third kappa shape index (κ3) is 3.19. The number of rotatable bonds is 5. The summed E-state index contributed by atoms with van der Waals surface area (Å²) < 4.78 is 21.1. The molecule has 1 N–H and O–H groups in total. The summed E-state index contributed by atoms with van der Waals surface area (Å²) in [5, 5.41) is 3.24. The van der Waals surface area contributed by atoms with E-state index in [1.54, 1.807) is 25.6 Å². The van der Waals surface area contributed by atoms with Crippen LogP contribution >= 0.6 is 15.9 Å². The van der Waals surface area contributed by atoms with E-state index in [9.17, 15) is 4.39 Å². The third-order valence-corrected chi connectivity index (χ3v) is 3.54. The van der Waals surface area contributed by atoms with Crippen molar-refractivity contribution in [2.75, 3.05) is 19.0 Å². The molecule has 20 heavy (non-hydrogen) atoms. The van der Waals surface area contributed by atoms with Gasteiger partial charge in [0, 0.05) is 25.5 Å². The number of nitrogens with zero attached hydrogens (tertiary/aromatic N) is 2. The smallest absolute Gasteiger partial charge is 0.207 e. The molecule has 0 radical (unpaired) electrons. The Morgan fingerprint density at radius 3 is 2.95 bits per heavy atom. The molecule has 1 unspecified atom stereocenters. The van der Waals surface area contributed by atoms with Crippen LogP contribution in [0.5, 0.6) is 0 Å². The highest BCUT2D eigenvalue weighted by Crippen LogP contribution is 2.25. The van der Waals surface area contributed by atoms with Crippen molar-refractivity contribution in [1.82, 2.24) is 9.55 Å². The number of imidazole rings is 1. The molecule has 2 aromatic rings. The number of hydrogen-bond donors (Lipinski definition) is 1. The maximum Gasteiger partial charge on any atom is 0.207 e. The van der Waals surface area contributed by atoms with Gasteiger partial charge >= 0.3 is 0 Å². The Balaban J connectivity index is 2.35. The van der Waals surface area contributed by atoms with E-state index in [-0.39, 0.29) is 11.9 Å². The lowest BCUT2D eigenvalue weighted by Crippen LogP contribution is -2.23. The van der Waals surface area contributed by atoms with Gasteiger partial charge in [0.15, 0.2) is 0 Å². The Labute approximate surface area is 126 Å². The number of aryl methyl sites for hydroxylation is 1. The van der Waals surface area contributed by atoms with Crippen LogP contribution in [-0.2, 0) is 4.74 Å². The molecule has 1 aromatic carbocycles. The number of hydrogen-bond acceptors (Lipinski definition) is 3. The predicted molar refractivity (Wildman–Crippen MR) is 80.9 cm³/mol. The Kier molecular flexibility index (Phi) is 4.77. The zero-order valence-corrected chi connectivity index (χ0v) is 13.2. The number of halogens is 2. The number of nitrogens with one attached hydrogen (secondary N) is 1. The van der Waals surface area contributed by atoms with E-state index in [2.05, 4.69) is 26.2 Å². The molecule has 0 spiro atoms. The van der Waals surface area contributed by atoms with Crippen molar-refractivity contribution in [1.29, 1.82) is 0 Å². The van der Waals surface area contributed by atoms with Gasteiger partial charge in [-0.25, -0.2) is 9.37 Å². The quantitative estimate of drug-likeness (QED) is 0.904. The van der Waals surface area contributed by atoms with E-state index < -0.39 is 0 Å². The topological polar surface area (TPSA) is 39.1 Å². The lowest BCUT2D eigenvalue weighted by atomic mass is 10.2. The van der Waals surface area contributed by atoms with Crippen LogP contribution in [-0.4, -0.2) is 29.3 Å². The van der Waals surface area contributed by atoms with Gasteiger partial charge in [-0.15, -0.1) is 0 Å². The SMILES string of the molecule is COCC(C)Nc1nccn1-c1cc(F)c(Br)cc1C. The second-order valence-electron chi connectivity index (χ2n) is 4.67. The van der Waals surface area contributed by atoms with E-state index in [0.717, 1.165) is 11.3 Å². The molecule has 0 aliphatic rings. The summed E-state index contributed by atoms with van der Waals surface area (Å²) >= 11 is 3.19. The minimum absolute atomic E-state index is 0.113. The average molecular weight is 342 g/mol. The molecule has 6 heteroatoms. The van der Waals surface area contributed by atoms with Gasteiger partial charge in [0.25, 0.3) is 0 Å². The fourth-order valence-electron chi connectivity index (χ4n) is 2.01. The van der Waals surface area contributed by atoms with Crippen molar-refractivity contribution in [2.24, 2.45) is 0 Å². The van der Waals surface area contributed by atoms with Crippen molar-refractivity contribution in [2.45, 2.75) is 19.9 Å². The van der Waals surface area contributed by atoms with Gasteiger partial charge in [-0.3, -0.25) is 4.57 Å². The van der Waals surface area contributed by atoms with Crippen LogP contribution in [0.3, 0.4) is 0 Å². The molecule has 0 saturated carbocycles. The predicted octanol–water partition coefficient (Wildman–Crippen LogP) is 3.53. The maximum atomic E-state index is 13.7. The van der Waals surface area contributed by atoms with Crippen LogP contribution in [0.2, 0.25) is 0 Å². The van der Waals surface area contributed by atoms with Crippen LogP contribution in [0.1, 0.15) is 12.5 Å². The monoisotopic (exact) mass is 341 g/mol. The average Bonchev–Trinajstić information content (AvgIpc) is 2.82. The Morgan fingerprint density at radius 2 is 2.25 bits per heavy atom. The molecule has 0 fully saturated rings. The first kappa shape index (κ1) is 15.0. The lowest BCUT2D eigenvalue weighted by Gasteiger charge is -2.16. The largest absolute Gasteiger partial charge is 0.383 e. The molecular formula is C14H17BrFN3O. The summed E-state index contributed by atoms with van der Waals surface area (Å²) in [6.07, 6.45) is 3.48.